The zero-order valence-corrected chi connectivity index (χ0v) is 43.1. The summed E-state index contributed by atoms with van der Waals surface area (Å²) in [6, 6.07) is 87.5. The van der Waals surface area contributed by atoms with E-state index in [0.29, 0.717) is 0 Å². The maximum Gasteiger partial charge on any atom is 0.119 e. The molecule has 0 amide bonds. The Kier molecular flexibility index (Phi) is 9.54. The molecule has 17 rings (SSSR count). The minimum Gasteiger partial charge on any atom is -0.327 e. The van der Waals surface area contributed by atoms with Crippen molar-refractivity contribution >= 4 is 133 Å². The van der Waals surface area contributed by atoms with Crippen LogP contribution >= 0.6 is 0 Å². The number of hydrogen-bond donors (Lipinski definition) is 8. The molecule has 5 heterocycles. The Hall–Kier alpha value is -11.0. The first-order valence-electron chi connectivity index (χ1n) is 27.3. The van der Waals surface area contributed by atoms with Crippen LogP contribution in [-0.2, 0) is 0 Å². The molecule has 4 aromatic heterocycles. The van der Waals surface area contributed by atoms with E-state index in [0.717, 1.165) is 177 Å². The predicted octanol–water partition coefficient (Wildman–Crippen LogP) is 20.2. The van der Waals surface area contributed by atoms with E-state index in [-0.39, 0.29) is 0 Å². The molecule has 0 spiro atoms. The van der Waals surface area contributed by atoms with Crippen LogP contribution in [0.25, 0.3) is 131 Å². The number of fused-ring (bicyclic) bond motifs is 24. The minimum absolute atomic E-state index is 0.842. The maximum atomic E-state index is 4.10. The third-order valence-corrected chi connectivity index (χ3v) is 16.5. The number of benzene rings is 12. The van der Waals surface area contributed by atoms with Crippen LogP contribution in [0.1, 0.15) is 0 Å². The van der Waals surface area contributed by atoms with Crippen LogP contribution in [0.15, 0.2) is 243 Å². The highest BCUT2D eigenvalue weighted by Gasteiger charge is 2.28. The van der Waals surface area contributed by atoms with E-state index in [1.54, 1.807) is 0 Å². The summed E-state index contributed by atoms with van der Waals surface area (Å²) in [5, 5.41) is 34.0. The number of hydrogen-bond acceptors (Lipinski definition) is 4. The first-order chi connectivity index (χ1) is 39.7. The lowest BCUT2D eigenvalue weighted by molar-refractivity contribution is 1.28. The molecule has 0 unspecified atom stereocenters. The molecule has 1 aliphatic rings. The highest BCUT2D eigenvalue weighted by atomic mass is 15.2. The number of nitrogens with one attached hydrogen (secondary N) is 8. The molecule has 0 atom stereocenters. The summed E-state index contributed by atoms with van der Waals surface area (Å²) in [5.41, 5.74) is 9.02. The van der Waals surface area contributed by atoms with Crippen molar-refractivity contribution in [2.45, 2.75) is 0 Å². The summed E-state index contributed by atoms with van der Waals surface area (Å²) in [4.78, 5) is 16.1. The second-order valence-corrected chi connectivity index (χ2v) is 21.0. The molecular weight excluding hydrogens is 977 g/mol. The predicted molar refractivity (Wildman–Crippen MR) is 338 cm³/mol. The fourth-order valence-electron chi connectivity index (χ4n) is 13.1. The van der Waals surface area contributed by atoms with Crippen molar-refractivity contribution in [3.05, 3.63) is 243 Å². The monoisotopic (exact) mass is 1020 g/mol. The van der Waals surface area contributed by atoms with Crippen LogP contribution in [0.4, 0.5) is 46.5 Å². The topological polar surface area (TPSA) is 111 Å². The lowest BCUT2D eigenvalue weighted by atomic mass is 9.92. The lowest BCUT2D eigenvalue weighted by Crippen LogP contribution is -1.97. The molecule has 80 heavy (non-hydrogen) atoms. The van der Waals surface area contributed by atoms with Gasteiger partial charge in [0.1, 0.15) is 46.5 Å². The average molecular weight is 1030 g/mol. The standard InChI is InChI=1S/C72H48N8/c1-5-21-41(22-6-1)57-49-33-17-13-29-45(49)37-53-61(57)69-73-65(53)78-70-63-55(39-47-31-15-19-35-51(47)59(63)43-25-9-3-10-26-43)67(75-70)80-72-64-56(40-48-32-16-20-36-52(48)60(64)44-27-11-4-12-28-44)68(76-72)79-71-62-54(66(74-71)77-69)38-46-30-14-18-34-50(46)58(62)42-23-7-2-8-24-42/h1-40,73-80H. The minimum atomic E-state index is 0.842. The molecule has 8 nitrogen and oxygen atoms in total. The van der Waals surface area contributed by atoms with E-state index < -0.39 is 0 Å². The van der Waals surface area contributed by atoms with E-state index in [1.165, 1.54) is 0 Å². The molecule has 0 fully saturated rings. The zero-order valence-electron chi connectivity index (χ0n) is 43.1. The van der Waals surface area contributed by atoms with Crippen LogP contribution < -0.4 is 21.3 Å². The van der Waals surface area contributed by atoms with Crippen LogP contribution in [0, 0.1) is 0 Å². The molecule has 8 heteroatoms. The Morgan fingerprint density at radius 2 is 0.375 bits per heavy atom. The second-order valence-electron chi connectivity index (χ2n) is 21.0. The van der Waals surface area contributed by atoms with Gasteiger partial charge in [-0.1, -0.05) is 218 Å². The molecule has 16 aromatic rings. The van der Waals surface area contributed by atoms with Gasteiger partial charge in [-0.3, -0.25) is 0 Å². The Morgan fingerprint density at radius 3 is 0.600 bits per heavy atom. The highest BCUT2D eigenvalue weighted by Crippen LogP contribution is 2.52. The van der Waals surface area contributed by atoms with Crippen molar-refractivity contribution in [3.8, 4) is 44.5 Å². The summed E-state index contributed by atoms with van der Waals surface area (Å²) in [5.74, 6) is 6.75. The lowest BCUT2D eigenvalue weighted by Gasteiger charge is -2.14. The molecule has 12 aromatic carbocycles. The largest absolute Gasteiger partial charge is 0.327 e. The van der Waals surface area contributed by atoms with Gasteiger partial charge >= 0.3 is 0 Å². The van der Waals surface area contributed by atoms with E-state index in [1.807, 2.05) is 0 Å². The molecule has 8 bridgehead atoms. The van der Waals surface area contributed by atoms with Gasteiger partial charge in [-0.15, -0.1) is 0 Å². The Morgan fingerprint density at radius 1 is 0.175 bits per heavy atom. The highest BCUT2D eigenvalue weighted by molar-refractivity contribution is 6.27. The molecular formula is C72H48N8. The molecule has 0 saturated heterocycles. The average Bonchev–Trinajstić information content (AvgIpc) is 4.41. The summed E-state index contributed by atoms with van der Waals surface area (Å²) in [7, 11) is 0. The fraction of sp³-hybridized carbons (Fsp3) is 0. The molecule has 0 saturated carbocycles. The zero-order chi connectivity index (χ0) is 52.4. The van der Waals surface area contributed by atoms with Crippen LogP contribution in [0.5, 0.6) is 0 Å². The van der Waals surface area contributed by atoms with Gasteiger partial charge < -0.3 is 41.2 Å². The molecule has 0 radical (unpaired) electrons. The first kappa shape index (κ1) is 44.2. The van der Waals surface area contributed by atoms with Gasteiger partial charge in [0.15, 0.2) is 0 Å². The van der Waals surface area contributed by atoms with E-state index in [2.05, 4.69) is 284 Å². The van der Waals surface area contributed by atoms with E-state index in [4.69, 9.17) is 0 Å². The van der Waals surface area contributed by atoms with Crippen LogP contribution in [0.2, 0.25) is 0 Å². The van der Waals surface area contributed by atoms with Crippen molar-refractivity contribution in [2.75, 3.05) is 21.3 Å². The van der Waals surface area contributed by atoms with Crippen LogP contribution in [0.3, 0.4) is 0 Å². The van der Waals surface area contributed by atoms with E-state index in [9.17, 15) is 0 Å². The third kappa shape index (κ3) is 6.69. The number of aromatic nitrogens is 4. The SMILES string of the molecule is c1ccc(-c2c3ccccc3cc3c4[nH]c(c23)Nc2[nH]c(c3c(-c5ccccc5)c5ccccc5cc23)Nc2[nH]c(c3c(-c5ccccc5)c5ccccc5cc23)Nc2[nH]c(c3c(-c5ccccc5)c5ccccc5cc23)N4)cc1. The summed E-state index contributed by atoms with van der Waals surface area (Å²) < 4.78 is 0. The normalized spacial score (nSPS) is 12.4. The number of H-pyrrole nitrogens is 4. The first-order valence-corrected chi connectivity index (χ1v) is 27.3. The Bertz CT molecular complexity index is 4510. The van der Waals surface area contributed by atoms with E-state index >= 15 is 0 Å². The number of rotatable bonds is 4. The summed E-state index contributed by atoms with van der Waals surface area (Å²) in [6.07, 6.45) is 0. The molecule has 0 aliphatic carbocycles. The van der Waals surface area contributed by atoms with Crippen molar-refractivity contribution in [3.63, 3.8) is 0 Å². The number of anilines is 8. The third-order valence-electron chi connectivity index (χ3n) is 16.5. The molecule has 8 N–H and O–H groups in total. The van der Waals surface area contributed by atoms with Gasteiger partial charge in [0, 0.05) is 65.3 Å². The van der Waals surface area contributed by atoms with Gasteiger partial charge in [0.25, 0.3) is 0 Å². The maximum absolute atomic E-state index is 4.10. The van der Waals surface area contributed by atoms with Crippen molar-refractivity contribution in [1.82, 2.24) is 19.9 Å². The van der Waals surface area contributed by atoms with Gasteiger partial charge in [0.05, 0.1) is 0 Å². The van der Waals surface area contributed by atoms with Gasteiger partial charge in [-0.05, 0) is 89.6 Å². The molecule has 376 valence electrons. The quantitative estimate of drug-likeness (QED) is 0.0898. The number of aromatic amines is 4. The second kappa shape index (κ2) is 17.3. The van der Waals surface area contributed by atoms with Crippen molar-refractivity contribution < 1.29 is 0 Å². The van der Waals surface area contributed by atoms with Crippen LogP contribution in [-0.4, -0.2) is 19.9 Å². The Balaban J connectivity index is 1.04. The van der Waals surface area contributed by atoms with Gasteiger partial charge in [-0.25, -0.2) is 0 Å². The van der Waals surface area contributed by atoms with Gasteiger partial charge in [-0.2, -0.15) is 0 Å². The van der Waals surface area contributed by atoms with Gasteiger partial charge in [0.2, 0.25) is 0 Å². The Labute approximate surface area is 458 Å². The fourth-order valence-corrected chi connectivity index (χ4v) is 13.1. The smallest absolute Gasteiger partial charge is 0.119 e. The molecule has 1 aliphatic heterocycles. The van der Waals surface area contributed by atoms with Crippen molar-refractivity contribution in [1.29, 1.82) is 0 Å². The summed E-state index contributed by atoms with van der Waals surface area (Å²) >= 11 is 0. The summed E-state index contributed by atoms with van der Waals surface area (Å²) in [6.45, 7) is 0. The van der Waals surface area contributed by atoms with Crippen molar-refractivity contribution in [2.24, 2.45) is 0 Å².